The molecule has 1 N–H and O–H groups in total. The summed E-state index contributed by atoms with van der Waals surface area (Å²) in [5.74, 6) is 0.442. The van der Waals surface area contributed by atoms with E-state index in [1.165, 1.54) is 12.3 Å². The van der Waals surface area contributed by atoms with Crippen molar-refractivity contribution in [2.45, 2.75) is 18.0 Å². The number of benzene rings is 1. The molecular weight excluding hydrogens is 325 g/mol. The van der Waals surface area contributed by atoms with Gasteiger partial charge in [0.2, 0.25) is 0 Å². The quantitative estimate of drug-likeness (QED) is 0.770. The van der Waals surface area contributed by atoms with Crippen LogP contribution < -0.4 is 0 Å². The molecule has 3 nitrogen and oxygen atoms in total. The highest BCUT2D eigenvalue weighted by atomic mass is 32.2. The Morgan fingerprint density at radius 2 is 2.00 bits per heavy atom. The number of aromatic amines is 1. The first-order valence-electron chi connectivity index (χ1n) is 6.93. The molecule has 1 aromatic carbocycles. The Morgan fingerprint density at radius 1 is 1.22 bits per heavy atom. The van der Waals surface area contributed by atoms with Crippen molar-refractivity contribution in [2.75, 3.05) is 5.75 Å². The Morgan fingerprint density at radius 3 is 2.70 bits per heavy atom. The molecule has 2 aromatic heterocycles. The first kappa shape index (κ1) is 15.7. The lowest BCUT2D eigenvalue weighted by molar-refractivity contribution is -0.137. The van der Waals surface area contributed by atoms with Gasteiger partial charge in [-0.15, -0.1) is 0 Å². The molecule has 0 amide bonds. The zero-order valence-electron chi connectivity index (χ0n) is 12.1. The van der Waals surface area contributed by atoms with Crippen LogP contribution >= 0.6 is 0 Å². The van der Waals surface area contributed by atoms with E-state index >= 15 is 0 Å². The molecule has 0 saturated carbocycles. The summed E-state index contributed by atoms with van der Waals surface area (Å²) in [5, 5.41) is 0.458. The van der Waals surface area contributed by atoms with Crippen molar-refractivity contribution in [1.29, 1.82) is 0 Å². The first-order chi connectivity index (χ1) is 10.9. The van der Waals surface area contributed by atoms with Crippen molar-refractivity contribution in [1.82, 2.24) is 9.97 Å². The summed E-state index contributed by atoms with van der Waals surface area (Å²) in [4.78, 5) is 7.63. The molecule has 120 valence electrons. The van der Waals surface area contributed by atoms with Gasteiger partial charge in [-0.3, -0.25) is 9.19 Å². The summed E-state index contributed by atoms with van der Waals surface area (Å²) >= 11 is 0. The summed E-state index contributed by atoms with van der Waals surface area (Å²) in [6, 6.07) is 6.89. The molecule has 0 saturated heterocycles. The van der Waals surface area contributed by atoms with Gasteiger partial charge in [-0.25, -0.2) is 0 Å². The molecule has 23 heavy (non-hydrogen) atoms. The minimum absolute atomic E-state index is 0.442. The molecule has 0 aliphatic carbocycles. The summed E-state index contributed by atoms with van der Waals surface area (Å²) in [5.41, 5.74) is 1.21. The Balaban J connectivity index is 2.13. The number of nitrogens with one attached hydrogen (secondary N) is 1. The third-order valence-corrected chi connectivity index (χ3v) is 4.87. The van der Waals surface area contributed by atoms with E-state index in [0.29, 0.717) is 32.8 Å². The lowest BCUT2D eigenvalue weighted by Crippen LogP contribution is -2.03. The van der Waals surface area contributed by atoms with Crippen molar-refractivity contribution < 1.29 is 17.4 Å². The highest BCUT2D eigenvalue weighted by molar-refractivity contribution is 7.85. The molecule has 7 heteroatoms. The lowest BCUT2D eigenvalue weighted by atomic mass is 10.1. The van der Waals surface area contributed by atoms with E-state index in [-0.39, 0.29) is 0 Å². The maximum atomic E-state index is 12.8. The fraction of sp³-hybridized carbons (Fsp3) is 0.188. The van der Waals surface area contributed by atoms with Gasteiger partial charge in [0.05, 0.1) is 21.3 Å². The van der Waals surface area contributed by atoms with Crippen LogP contribution in [-0.4, -0.2) is 19.9 Å². The predicted octanol–water partition coefficient (Wildman–Crippen LogP) is 4.38. The molecule has 0 spiro atoms. The molecule has 0 aliphatic rings. The number of halogens is 3. The second kappa shape index (κ2) is 5.81. The summed E-state index contributed by atoms with van der Waals surface area (Å²) in [7, 11) is -1.21. The van der Waals surface area contributed by atoms with Crippen LogP contribution in [0.25, 0.3) is 22.2 Å². The van der Waals surface area contributed by atoms with Crippen LogP contribution in [0, 0.1) is 0 Å². The van der Waals surface area contributed by atoms with E-state index in [0.717, 1.165) is 12.1 Å². The topological polar surface area (TPSA) is 45.8 Å². The molecule has 1 atom stereocenters. The monoisotopic (exact) mass is 338 g/mol. The zero-order chi connectivity index (χ0) is 16.6. The second-order valence-corrected chi connectivity index (χ2v) is 6.70. The largest absolute Gasteiger partial charge is 0.416 e. The number of alkyl halides is 3. The number of hydrogen-bond acceptors (Lipinski definition) is 2. The van der Waals surface area contributed by atoms with Crippen LogP contribution in [0.3, 0.4) is 0 Å². The third kappa shape index (κ3) is 3.01. The molecule has 1 unspecified atom stereocenters. The molecule has 2 heterocycles. The van der Waals surface area contributed by atoms with Gasteiger partial charge in [0.1, 0.15) is 0 Å². The van der Waals surface area contributed by atoms with E-state index in [1.54, 1.807) is 25.3 Å². The van der Waals surface area contributed by atoms with Crippen LogP contribution in [0.2, 0.25) is 0 Å². The zero-order valence-corrected chi connectivity index (χ0v) is 13.0. The van der Waals surface area contributed by atoms with E-state index < -0.39 is 22.5 Å². The van der Waals surface area contributed by atoms with Gasteiger partial charge >= 0.3 is 6.18 Å². The van der Waals surface area contributed by atoms with Crippen molar-refractivity contribution in [2.24, 2.45) is 0 Å². The van der Waals surface area contributed by atoms with Crippen LogP contribution in [0.4, 0.5) is 13.2 Å². The molecule has 3 aromatic rings. The minimum atomic E-state index is -4.38. The standard InChI is InChI=1S/C16H13F3N2OS/c1-2-23(22)15-9-20-6-5-12(15)14-8-10-7-11(16(17,18)19)3-4-13(10)21-14/h3-9,21H,2H2,1H3. The van der Waals surface area contributed by atoms with Crippen molar-refractivity contribution in [3.63, 3.8) is 0 Å². The highest BCUT2D eigenvalue weighted by Crippen LogP contribution is 2.33. The van der Waals surface area contributed by atoms with Crippen LogP contribution in [-0.2, 0) is 17.0 Å². The van der Waals surface area contributed by atoms with Crippen molar-refractivity contribution in [3.8, 4) is 11.3 Å². The Bertz CT molecular complexity index is 886. The van der Waals surface area contributed by atoms with Crippen molar-refractivity contribution >= 4 is 21.7 Å². The fourth-order valence-electron chi connectivity index (χ4n) is 2.39. The van der Waals surface area contributed by atoms with Gasteiger partial charge in [-0.2, -0.15) is 13.2 Å². The molecule has 0 fully saturated rings. The van der Waals surface area contributed by atoms with Gasteiger partial charge in [-0.05, 0) is 30.3 Å². The molecule has 0 aliphatic heterocycles. The Hall–Kier alpha value is -2.15. The first-order valence-corrected chi connectivity index (χ1v) is 8.24. The van der Waals surface area contributed by atoms with Gasteiger partial charge in [0, 0.05) is 40.3 Å². The van der Waals surface area contributed by atoms with Crippen molar-refractivity contribution in [3.05, 3.63) is 48.3 Å². The number of nitrogens with zero attached hydrogens (tertiary/aromatic N) is 1. The Labute approximate surface area is 133 Å². The summed E-state index contributed by atoms with van der Waals surface area (Å²) in [6.07, 6.45) is -1.28. The molecule has 3 rings (SSSR count). The predicted molar refractivity (Wildman–Crippen MR) is 83.5 cm³/mol. The third-order valence-electron chi connectivity index (χ3n) is 3.53. The minimum Gasteiger partial charge on any atom is -0.354 e. The number of hydrogen-bond donors (Lipinski definition) is 1. The average molecular weight is 338 g/mol. The van der Waals surface area contributed by atoms with Crippen LogP contribution in [0.1, 0.15) is 12.5 Å². The number of rotatable bonds is 3. The number of fused-ring (bicyclic) bond motifs is 1. The maximum absolute atomic E-state index is 12.8. The summed E-state index contributed by atoms with van der Waals surface area (Å²) < 4.78 is 50.5. The second-order valence-electron chi connectivity index (χ2n) is 4.99. The van der Waals surface area contributed by atoms with Crippen LogP contribution in [0.5, 0.6) is 0 Å². The van der Waals surface area contributed by atoms with Gasteiger partial charge in [0.15, 0.2) is 0 Å². The van der Waals surface area contributed by atoms with E-state index in [9.17, 15) is 17.4 Å². The smallest absolute Gasteiger partial charge is 0.354 e. The highest BCUT2D eigenvalue weighted by Gasteiger charge is 2.30. The maximum Gasteiger partial charge on any atom is 0.416 e. The molecule has 0 radical (unpaired) electrons. The fourth-order valence-corrected chi connectivity index (χ4v) is 3.31. The SMILES string of the molecule is CCS(=O)c1cnccc1-c1cc2cc(C(F)(F)F)ccc2[nH]1. The van der Waals surface area contributed by atoms with Gasteiger partial charge in [-0.1, -0.05) is 6.92 Å². The molecule has 0 bridgehead atoms. The lowest BCUT2D eigenvalue weighted by Gasteiger charge is -2.05. The normalized spacial score (nSPS) is 13.4. The number of pyridine rings is 1. The number of aromatic nitrogens is 2. The summed E-state index contributed by atoms with van der Waals surface area (Å²) in [6.45, 7) is 1.80. The van der Waals surface area contributed by atoms with E-state index in [4.69, 9.17) is 0 Å². The van der Waals surface area contributed by atoms with Gasteiger partial charge < -0.3 is 4.98 Å². The van der Waals surface area contributed by atoms with E-state index in [1.807, 2.05) is 0 Å². The van der Waals surface area contributed by atoms with E-state index in [2.05, 4.69) is 9.97 Å². The molecular formula is C16H13F3N2OS. The Kier molecular flexibility index (Phi) is 3.97. The van der Waals surface area contributed by atoms with Crippen LogP contribution in [0.15, 0.2) is 47.6 Å². The van der Waals surface area contributed by atoms with Gasteiger partial charge in [0.25, 0.3) is 0 Å². The average Bonchev–Trinajstić information content (AvgIpc) is 2.96. The number of H-pyrrole nitrogens is 1.